The molecule has 5 nitrogen and oxygen atoms in total. The van der Waals surface area contributed by atoms with Gasteiger partial charge in [0.2, 0.25) is 0 Å². The average molecular weight is 307 g/mol. The molecule has 0 unspecified atom stereocenters. The molecule has 0 bridgehead atoms. The van der Waals surface area contributed by atoms with Crippen LogP contribution in [0.5, 0.6) is 11.5 Å². The van der Waals surface area contributed by atoms with Gasteiger partial charge >= 0.3 is 12.1 Å². The summed E-state index contributed by atoms with van der Waals surface area (Å²) in [6.07, 6.45) is -1.00. The highest BCUT2D eigenvalue weighted by Gasteiger charge is 2.17. The lowest BCUT2D eigenvalue weighted by Crippen LogP contribution is -2.16. The summed E-state index contributed by atoms with van der Waals surface area (Å²) >= 11 is 5.87. The minimum absolute atomic E-state index is 0.0430. The minimum atomic E-state index is -1.00. The van der Waals surface area contributed by atoms with Crippen LogP contribution in [0.4, 0.5) is 4.79 Å². The number of esters is 1. The first-order valence-corrected chi connectivity index (χ1v) is 6.31. The van der Waals surface area contributed by atoms with Crippen LogP contribution in [0.15, 0.2) is 48.5 Å². The second kappa shape index (κ2) is 6.76. The summed E-state index contributed by atoms with van der Waals surface area (Å²) in [4.78, 5) is 23.3. The Labute approximate surface area is 126 Å². The Bertz CT molecular complexity index is 669. The lowest BCUT2D eigenvalue weighted by molar-refractivity contribution is 0.0597. The van der Waals surface area contributed by atoms with Gasteiger partial charge in [-0.15, -0.1) is 0 Å². The molecule has 2 aromatic rings. The Morgan fingerprint density at radius 2 is 1.48 bits per heavy atom. The van der Waals surface area contributed by atoms with Crippen molar-refractivity contribution in [2.45, 2.75) is 0 Å². The Morgan fingerprint density at radius 1 is 0.905 bits per heavy atom. The largest absolute Gasteiger partial charge is 0.519 e. The molecular weight excluding hydrogens is 296 g/mol. The number of rotatable bonds is 3. The molecule has 2 rings (SSSR count). The highest BCUT2D eigenvalue weighted by molar-refractivity contribution is 6.32. The van der Waals surface area contributed by atoms with Gasteiger partial charge in [0.1, 0.15) is 11.3 Å². The predicted octanol–water partition coefficient (Wildman–Crippen LogP) is 3.70. The molecule has 6 heteroatoms. The van der Waals surface area contributed by atoms with Crippen LogP contribution >= 0.6 is 11.6 Å². The number of para-hydroxylation sites is 2. The Hall–Kier alpha value is -2.53. The molecule has 0 aromatic heterocycles. The van der Waals surface area contributed by atoms with Crippen LogP contribution in [0.1, 0.15) is 10.4 Å². The van der Waals surface area contributed by atoms with Crippen molar-refractivity contribution in [3.05, 3.63) is 59.1 Å². The molecule has 0 aliphatic carbocycles. The van der Waals surface area contributed by atoms with Gasteiger partial charge in [0, 0.05) is 0 Å². The van der Waals surface area contributed by atoms with Gasteiger partial charge in [0.15, 0.2) is 5.75 Å². The van der Waals surface area contributed by atoms with Crippen molar-refractivity contribution in [2.24, 2.45) is 0 Å². The normalized spacial score (nSPS) is 9.81. The zero-order valence-corrected chi connectivity index (χ0v) is 11.8. The van der Waals surface area contributed by atoms with Gasteiger partial charge in [0.25, 0.3) is 0 Å². The maximum Gasteiger partial charge on any atom is 0.519 e. The summed E-state index contributed by atoms with van der Waals surface area (Å²) in [5.41, 5.74) is 0.121. The van der Waals surface area contributed by atoms with Crippen molar-refractivity contribution < 1.29 is 23.8 Å². The van der Waals surface area contributed by atoms with Crippen LogP contribution in [0.3, 0.4) is 0 Å². The summed E-state index contributed by atoms with van der Waals surface area (Å²) in [6.45, 7) is 0. The monoisotopic (exact) mass is 306 g/mol. The maximum atomic E-state index is 11.7. The number of carbonyl (C=O) groups excluding carboxylic acids is 2. The molecule has 0 saturated heterocycles. The third-order valence-corrected chi connectivity index (χ3v) is 2.83. The molecule has 0 fully saturated rings. The third-order valence-electron chi connectivity index (χ3n) is 2.52. The topological polar surface area (TPSA) is 61.8 Å². The van der Waals surface area contributed by atoms with E-state index in [1.165, 1.54) is 25.3 Å². The number of ether oxygens (including phenoxy) is 3. The molecule has 0 aliphatic rings. The molecule has 0 N–H and O–H groups in total. The van der Waals surface area contributed by atoms with Crippen LogP contribution in [0, 0.1) is 0 Å². The maximum absolute atomic E-state index is 11.7. The first-order chi connectivity index (χ1) is 10.1. The van der Waals surface area contributed by atoms with E-state index in [1.54, 1.807) is 30.3 Å². The molecular formula is C15H11ClO5. The second-order valence-electron chi connectivity index (χ2n) is 3.87. The molecule has 108 valence electrons. The van der Waals surface area contributed by atoms with E-state index in [-0.39, 0.29) is 22.1 Å². The molecule has 0 spiro atoms. The zero-order valence-electron chi connectivity index (χ0n) is 11.0. The smallest absolute Gasteiger partial charge is 0.465 e. The molecule has 0 radical (unpaired) electrons. The van der Waals surface area contributed by atoms with Crippen molar-refractivity contribution in [2.75, 3.05) is 7.11 Å². The van der Waals surface area contributed by atoms with E-state index < -0.39 is 12.1 Å². The van der Waals surface area contributed by atoms with Crippen molar-refractivity contribution in [1.29, 1.82) is 0 Å². The van der Waals surface area contributed by atoms with Crippen LogP contribution in [-0.2, 0) is 4.74 Å². The SMILES string of the molecule is COC(=O)c1ccccc1OC(=O)Oc1ccccc1Cl. The molecule has 0 atom stereocenters. The summed E-state index contributed by atoms with van der Waals surface area (Å²) in [5.74, 6) is -0.405. The quantitative estimate of drug-likeness (QED) is 0.639. The fourth-order valence-electron chi connectivity index (χ4n) is 1.56. The standard InChI is InChI=1S/C15H11ClO5/c1-19-14(17)10-6-2-4-8-12(10)20-15(18)21-13-9-5-3-7-11(13)16/h2-9H,1H3. The summed E-state index contributed by atoms with van der Waals surface area (Å²) in [5, 5.41) is 0.274. The van der Waals surface area contributed by atoms with E-state index in [4.69, 9.17) is 21.1 Å². The minimum Gasteiger partial charge on any atom is -0.465 e. The van der Waals surface area contributed by atoms with Crippen molar-refractivity contribution in [3.63, 3.8) is 0 Å². The number of halogens is 1. The first kappa shape index (κ1) is 14.9. The van der Waals surface area contributed by atoms with E-state index in [9.17, 15) is 9.59 Å². The van der Waals surface area contributed by atoms with E-state index in [1.807, 2.05) is 0 Å². The Balaban J connectivity index is 2.14. The molecule has 0 aliphatic heterocycles. The fourth-order valence-corrected chi connectivity index (χ4v) is 1.74. The summed E-state index contributed by atoms with van der Waals surface area (Å²) < 4.78 is 14.6. The number of methoxy groups -OCH3 is 1. The molecule has 21 heavy (non-hydrogen) atoms. The summed E-state index contributed by atoms with van der Waals surface area (Å²) in [7, 11) is 1.24. The first-order valence-electron chi connectivity index (χ1n) is 5.93. The van der Waals surface area contributed by atoms with Crippen LogP contribution in [0.2, 0.25) is 5.02 Å². The number of benzene rings is 2. The Kier molecular flexibility index (Phi) is 4.79. The molecule has 0 heterocycles. The van der Waals surface area contributed by atoms with E-state index in [2.05, 4.69) is 4.74 Å². The molecule has 0 saturated carbocycles. The van der Waals surface area contributed by atoms with Gasteiger partial charge in [-0.2, -0.15) is 0 Å². The van der Waals surface area contributed by atoms with E-state index in [0.29, 0.717) is 0 Å². The fraction of sp³-hybridized carbons (Fsp3) is 0.0667. The van der Waals surface area contributed by atoms with Gasteiger partial charge in [-0.3, -0.25) is 0 Å². The lowest BCUT2D eigenvalue weighted by atomic mass is 10.2. The van der Waals surface area contributed by atoms with Crippen LogP contribution in [-0.4, -0.2) is 19.2 Å². The highest BCUT2D eigenvalue weighted by Crippen LogP contribution is 2.25. The van der Waals surface area contributed by atoms with Gasteiger partial charge in [0.05, 0.1) is 12.1 Å². The average Bonchev–Trinajstić information content (AvgIpc) is 2.49. The van der Waals surface area contributed by atoms with Crippen molar-refractivity contribution >= 4 is 23.7 Å². The highest BCUT2D eigenvalue weighted by atomic mass is 35.5. The van der Waals surface area contributed by atoms with Gasteiger partial charge in [-0.25, -0.2) is 9.59 Å². The van der Waals surface area contributed by atoms with Gasteiger partial charge < -0.3 is 14.2 Å². The van der Waals surface area contributed by atoms with E-state index >= 15 is 0 Å². The molecule has 2 aromatic carbocycles. The van der Waals surface area contributed by atoms with Crippen molar-refractivity contribution in [1.82, 2.24) is 0 Å². The van der Waals surface area contributed by atoms with Crippen LogP contribution < -0.4 is 9.47 Å². The van der Waals surface area contributed by atoms with Crippen molar-refractivity contribution in [3.8, 4) is 11.5 Å². The van der Waals surface area contributed by atoms with E-state index in [0.717, 1.165) is 0 Å². The predicted molar refractivity (Wildman–Crippen MR) is 75.9 cm³/mol. The second-order valence-corrected chi connectivity index (χ2v) is 4.28. The molecule has 0 amide bonds. The summed E-state index contributed by atoms with van der Waals surface area (Å²) in [6, 6.07) is 12.6. The number of hydrogen-bond donors (Lipinski definition) is 0. The lowest BCUT2D eigenvalue weighted by Gasteiger charge is -2.09. The third kappa shape index (κ3) is 3.73. The number of carbonyl (C=O) groups is 2. The Morgan fingerprint density at radius 3 is 2.14 bits per heavy atom. The van der Waals surface area contributed by atoms with Gasteiger partial charge in [-0.1, -0.05) is 35.9 Å². The van der Waals surface area contributed by atoms with Crippen LogP contribution in [0.25, 0.3) is 0 Å². The zero-order chi connectivity index (χ0) is 15.2. The van der Waals surface area contributed by atoms with Gasteiger partial charge in [-0.05, 0) is 24.3 Å². The number of hydrogen-bond acceptors (Lipinski definition) is 5.